The van der Waals surface area contributed by atoms with Crippen molar-refractivity contribution >= 4 is 17.6 Å². The van der Waals surface area contributed by atoms with E-state index < -0.39 is 29.4 Å². The maximum absolute atomic E-state index is 13.9. The first kappa shape index (κ1) is 18.7. The standard InChI is InChI=1S/C21H16F2N2O4/c1-29-13-4-2-3-12(8-13)25-10-15(21(27)28)19-20(25)14(9-18(26)24-19)11-5-6-16(22)17(23)7-11/h2-8,10,14H,9H2,1H3,(H,24,26)(H,27,28)/t14-/m1/s1. The van der Waals surface area contributed by atoms with Gasteiger partial charge in [0.05, 0.1) is 18.5 Å². The average Bonchev–Trinajstić information content (AvgIpc) is 3.09. The van der Waals surface area contributed by atoms with Crippen molar-refractivity contribution in [2.24, 2.45) is 0 Å². The van der Waals surface area contributed by atoms with E-state index in [4.69, 9.17) is 4.74 Å². The summed E-state index contributed by atoms with van der Waals surface area (Å²) in [4.78, 5) is 24.1. The number of nitrogens with one attached hydrogen (secondary N) is 1. The van der Waals surface area contributed by atoms with Crippen LogP contribution in [0.4, 0.5) is 14.5 Å². The van der Waals surface area contributed by atoms with E-state index >= 15 is 0 Å². The average molecular weight is 398 g/mol. The van der Waals surface area contributed by atoms with Crippen molar-refractivity contribution in [2.75, 3.05) is 12.4 Å². The lowest BCUT2D eigenvalue weighted by Gasteiger charge is -2.26. The number of carboxylic acids is 1. The van der Waals surface area contributed by atoms with Crippen LogP contribution in [0.2, 0.25) is 0 Å². The van der Waals surface area contributed by atoms with Crippen molar-refractivity contribution in [3.8, 4) is 11.4 Å². The fourth-order valence-corrected chi connectivity index (χ4v) is 3.61. The number of ether oxygens (including phenoxy) is 1. The minimum Gasteiger partial charge on any atom is -0.497 e. The van der Waals surface area contributed by atoms with Gasteiger partial charge in [0.15, 0.2) is 11.6 Å². The van der Waals surface area contributed by atoms with E-state index in [0.29, 0.717) is 22.7 Å². The summed E-state index contributed by atoms with van der Waals surface area (Å²) in [5.74, 6) is -3.75. The van der Waals surface area contributed by atoms with E-state index in [1.54, 1.807) is 28.8 Å². The first-order chi connectivity index (χ1) is 13.9. The molecule has 0 saturated heterocycles. The third-order valence-corrected chi connectivity index (χ3v) is 4.94. The number of amides is 1. The number of methoxy groups -OCH3 is 1. The number of fused-ring (bicyclic) bond motifs is 1. The number of carbonyl (C=O) groups is 2. The third kappa shape index (κ3) is 3.22. The van der Waals surface area contributed by atoms with E-state index in [-0.39, 0.29) is 17.7 Å². The minimum atomic E-state index is -1.21. The molecule has 6 nitrogen and oxygen atoms in total. The summed E-state index contributed by atoms with van der Waals surface area (Å²) in [7, 11) is 1.51. The van der Waals surface area contributed by atoms with Crippen molar-refractivity contribution in [3.63, 3.8) is 0 Å². The Balaban J connectivity index is 1.97. The van der Waals surface area contributed by atoms with Gasteiger partial charge in [-0.15, -0.1) is 0 Å². The highest BCUT2D eigenvalue weighted by Gasteiger charge is 2.34. The fraction of sp³-hybridized carbons (Fsp3) is 0.143. The van der Waals surface area contributed by atoms with Gasteiger partial charge in [-0.1, -0.05) is 12.1 Å². The Morgan fingerprint density at radius 1 is 1.21 bits per heavy atom. The first-order valence-electron chi connectivity index (χ1n) is 8.76. The summed E-state index contributed by atoms with van der Waals surface area (Å²) >= 11 is 0. The molecule has 3 aromatic rings. The second-order valence-corrected chi connectivity index (χ2v) is 6.66. The number of nitrogens with zero attached hydrogens (tertiary/aromatic N) is 1. The number of benzene rings is 2. The molecule has 2 aromatic carbocycles. The van der Waals surface area contributed by atoms with Crippen LogP contribution in [0.25, 0.3) is 5.69 Å². The quantitative estimate of drug-likeness (QED) is 0.698. The van der Waals surface area contributed by atoms with Crippen LogP contribution >= 0.6 is 0 Å². The number of aromatic nitrogens is 1. The van der Waals surface area contributed by atoms with Crippen LogP contribution in [0.15, 0.2) is 48.7 Å². The molecule has 2 heterocycles. The van der Waals surface area contributed by atoms with Crippen LogP contribution in [0, 0.1) is 11.6 Å². The molecule has 1 amide bonds. The molecule has 1 aromatic heterocycles. The zero-order valence-electron chi connectivity index (χ0n) is 15.3. The summed E-state index contributed by atoms with van der Waals surface area (Å²) in [6, 6.07) is 10.4. The molecule has 148 valence electrons. The number of hydrogen-bond acceptors (Lipinski definition) is 3. The normalized spacial score (nSPS) is 15.6. The van der Waals surface area contributed by atoms with E-state index in [0.717, 1.165) is 12.1 Å². The van der Waals surface area contributed by atoms with Crippen molar-refractivity contribution in [1.82, 2.24) is 4.57 Å². The van der Waals surface area contributed by atoms with Crippen LogP contribution in [-0.2, 0) is 4.79 Å². The highest BCUT2D eigenvalue weighted by Crippen LogP contribution is 2.42. The minimum absolute atomic E-state index is 0.0366. The number of aromatic carboxylic acids is 1. The molecule has 0 unspecified atom stereocenters. The molecule has 2 N–H and O–H groups in total. The summed E-state index contributed by atoms with van der Waals surface area (Å²) in [5.41, 5.74) is 1.51. The van der Waals surface area contributed by atoms with Crippen molar-refractivity contribution in [1.29, 1.82) is 0 Å². The van der Waals surface area contributed by atoms with Crippen molar-refractivity contribution in [3.05, 3.63) is 77.1 Å². The number of hydrogen-bond donors (Lipinski definition) is 2. The van der Waals surface area contributed by atoms with Crippen LogP contribution in [0.1, 0.15) is 34.0 Å². The molecule has 8 heteroatoms. The first-order valence-corrected chi connectivity index (χ1v) is 8.76. The van der Waals surface area contributed by atoms with Crippen LogP contribution in [0.3, 0.4) is 0 Å². The van der Waals surface area contributed by atoms with E-state index in [9.17, 15) is 23.5 Å². The Morgan fingerprint density at radius 3 is 2.69 bits per heavy atom. The van der Waals surface area contributed by atoms with Gasteiger partial charge in [0, 0.05) is 30.3 Å². The molecule has 1 aliphatic heterocycles. The molecule has 1 aliphatic rings. The van der Waals surface area contributed by atoms with Gasteiger partial charge < -0.3 is 19.7 Å². The number of carbonyl (C=O) groups excluding carboxylic acids is 1. The van der Waals surface area contributed by atoms with Gasteiger partial charge in [0.2, 0.25) is 5.91 Å². The maximum atomic E-state index is 13.9. The summed E-state index contributed by atoms with van der Waals surface area (Å²) in [5, 5.41) is 12.2. The number of anilines is 1. The molecule has 29 heavy (non-hydrogen) atoms. The van der Waals surface area contributed by atoms with Crippen molar-refractivity contribution < 1.29 is 28.2 Å². The monoisotopic (exact) mass is 398 g/mol. The third-order valence-electron chi connectivity index (χ3n) is 4.94. The van der Waals surface area contributed by atoms with Crippen LogP contribution in [-0.4, -0.2) is 28.7 Å². The molecular formula is C21H16F2N2O4. The number of rotatable bonds is 4. The van der Waals surface area contributed by atoms with Gasteiger partial charge in [0.25, 0.3) is 0 Å². The van der Waals surface area contributed by atoms with Crippen molar-refractivity contribution in [2.45, 2.75) is 12.3 Å². The Bertz CT molecular complexity index is 1140. The molecular weight excluding hydrogens is 382 g/mol. The Kier molecular flexibility index (Phi) is 4.54. The van der Waals surface area contributed by atoms with Gasteiger partial charge in [0.1, 0.15) is 11.3 Å². The van der Waals surface area contributed by atoms with E-state index in [2.05, 4.69) is 5.32 Å². The SMILES string of the molecule is COc1cccc(-n2cc(C(=O)O)c3c2[C@@H](c2ccc(F)c(F)c2)CC(=O)N3)c1. The van der Waals surface area contributed by atoms with Gasteiger partial charge in [-0.3, -0.25) is 4.79 Å². The highest BCUT2D eigenvalue weighted by molar-refractivity contribution is 6.04. The number of carboxylic acid groups (broad SMARTS) is 1. The zero-order chi connectivity index (χ0) is 20.7. The second-order valence-electron chi connectivity index (χ2n) is 6.66. The fourth-order valence-electron chi connectivity index (χ4n) is 3.61. The maximum Gasteiger partial charge on any atom is 0.339 e. The van der Waals surface area contributed by atoms with Crippen LogP contribution in [0.5, 0.6) is 5.75 Å². The lowest BCUT2D eigenvalue weighted by molar-refractivity contribution is -0.116. The van der Waals surface area contributed by atoms with Gasteiger partial charge in [-0.05, 0) is 29.8 Å². The molecule has 1 atom stereocenters. The highest BCUT2D eigenvalue weighted by atomic mass is 19.2. The lowest BCUT2D eigenvalue weighted by atomic mass is 9.88. The molecule has 0 fully saturated rings. The summed E-state index contributed by atoms with van der Waals surface area (Å²) < 4.78 is 34.2. The molecule has 4 rings (SSSR count). The lowest BCUT2D eigenvalue weighted by Crippen LogP contribution is -2.25. The van der Waals surface area contributed by atoms with Crippen LogP contribution < -0.4 is 10.1 Å². The van der Waals surface area contributed by atoms with Gasteiger partial charge in [-0.25, -0.2) is 13.6 Å². The Morgan fingerprint density at radius 2 is 2.00 bits per heavy atom. The Labute approximate surface area is 164 Å². The Hall–Kier alpha value is -3.68. The predicted octanol–water partition coefficient (Wildman–Crippen LogP) is 3.94. The summed E-state index contributed by atoms with van der Waals surface area (Å²) in [6.07, 6.45) is 1.37. The molecule has 0 aliphatic carbocycles. The molecule has 0 bridgehead atoms. The second kappa shape index (κ2) is 7.05. The molecule has 0 saturated carbocycles. The van der Waals surface area contributed by atoms with E-state index in [1.165, 1.54) is 19.4 Å². The predicted molar refractivity (Wildman–Crippen MR) is 101 cm³/mol. The smallest absolute Gasteiger partial charge is 0.339 e. The number of halogens is 2. The summed E-state index contributed by atoms with van der Waals surface area (Å²) in [6.45, 7) is 0. The van der Waals surface area contributed by atoms with Gasteiger partial charge in [-0.2, -0.15) is 0 Å². The van der Waals surface area contributed by atoms with E-state index in [1.807, 2.05) is 0 Å². The molecule has 0 spiro atoms. The topological polar surface area (TPSA) is 80.6 Å². The zero-order valence-corrected chi connectivity index (χ0v) is 15.3. The largest absolute Gasteiger partial charge is 0.497 e. The molecule has 0 radical (unpaired) electrons. The van der Waals surface area contributed by atoms with Gasteiger partial charge >= 0.3 is 5.97 Å².